The van der Waals surface area contributed by atoms with E-state index in [1.807, 2.05) is 13.8 Å². The van der Waals surface area contributed by atoms with Crippen LogP contribution >= 0.6 is 0 Å². The van der Waals surface area contributed by atoms with Crippen molar-refractivity contribution >= 4 is 5.96 Å². The van der Waals surface area contributed by atoms with E-state index >= 15 is 0 Å². The molecule has 1 rings (SSSR count). The van der Waals surface area contributed by atoms with E-state index in [0.717, 1.165) is 5.56 Å². The van der Waals surface area contributed by atoms with Crippen molar-refractivity contribution in [2.24, 2.45) is 4.99 Å². The standard InChI is InChI=1S/C14H21F2N3O2/c1-3-17-14(18-6-7-20)19-9-11-8-10(2)4-5-12(11)21-13(15)16/h4-5,8,13,20H,3,6-7,9H2,1-2H3,(H2,17,18,19). The number of rotatable bonds is 7. The van der Waals surface area contributed by atoms with E-state index in [0.29, 0.717) is 24.6 Å². The van der Waals surface area contributed by atoms with Crippen molar-refractivity contribution in [1.29, 1.82) is 0 Å². The molecule has 5 nitrogen and oxygen atoms in total. The molecule has 0 fully saturated rings. The van der Waals surface area contributed by atoms with Crippen LogP contribution in [0.1, 0.15) is 18.1 Å². The number of hydrogen-bond acceptors (Lipinski definition) is 3. The highest BCUT2D eigenvalue weighted by Crippen LogP contribution is 2.22. The molecule has 0 aliphatic carbocycles. The van der Waals surface area contributed by atoms with Crippen molar-refractivity contribution in [3.63, 3.8) is 0 Å². The second-order valence-electron chi connectivity index (χ2n) is 4.34. The van der Waals surface area contributed by atoms with E-state index in [-0.39, 0.29) is 18.9 Å². The maximum atomic E-state index is 12.4. The van der Waals surface area contributed by atoms with E-state index < -0.39 is 6.61 Å². The number of nitrogens with zero attached hydrogens (tertiary/aromatic N) is 1. The van der Waals surface area contributed by atoms with Crippen molar-refractivity contribution in [1.82, 2.24) is 10.6 Å². The van der Waals surface area contributed by atoms with Crippen LogP contribution in [-0.2, 0) is 6.54 Å². The van der Waals surface area contributed by atoms with Gasteiger partial charge in [-0.15, -0.1) is 0 Å². The van der Waals surface area contributed by atoms with Gasteiger partial charge in [-0.05, 0) is 19.9 Å². The fourth-order valence-electron chi connectivity index (χ4n) is 1.72. The van der Waals surface area contributed by atoms with Crippen LogP contribution in [0.15, 0.2) is 23.2 Å². The number of alkyl halides is 2. The van der Waals surface area contributed by atoms with Crippen LogP contribution in [0.3, 0.4) is 0 Å². The first-order valence-corrected chi connectivity index (χ1v) is 6.74. The van der Waals surface area contributed by atoms with Gasteiger partial charge in [-0.2, -0.15) is 8.78 Å². The Balaban J connectivity index is 2.85. The molecule has 0 heterocycles. The van der Waals surface area contributed by atoms with Gasteiger partial charge in [-0.3, -0.25) is 0 Å². The Labute approximate surface area is 123 Å². The Bertz CT molecular complexity index is 468. The van der Waals surface area contributed by atoms with Crippen molar-refractivity contribution in [2.75, 3.05) is 19.7 Å². The minimum atomic E-state index is -2.86. The quantitative estimate of drug-likeness (QED) is 0.529. The van der Waals surface area contributed by atoms with Crippen LogP contribution in [0, 0.1) is 6.92 Å². The average molecular weight is 301 g/mol. The SMILES string of the molecule is CCNC(=NCc1cc(C)ccc1OC(F)F)NCCO. The minimum absolute atomic E-state index is 0.0192. The van der Waals surface area contributed by atoms with Gasteiger partial charge < -0.3 is 20.5 Å². The highest BCUT2D eigenvalue weighted by Gasteiger charge is 2.10. The van der Waals surface area contributed by atoms with Crippen LogP contribution < -0.4 is 15.4 Å². The summed E-state index contributed by atoms with van der Waals surface area (Å²) in [6.45, 7) is 2.11. The number of aliphatic hydroxyl groups is 1. The monoisotopic (exact) mass is 301 g/mol. The molecule has 7 heteroatoms. The van der Waals surface area contributed by atoms with Crippen LogP contribution in [0.2, 0.25) is 0 Å². The van der Waals surface area contributed by atoms with Crippen LogP contribution in [-0.4, -0.2) is 37.4 Å². The summed E-state index contributed by atoms with van der Waals surface area (Å²) >= 11 is 0. The molecule has 1 aromatic carbocycles. The summed E-state index contributed by atoms with van der Waals surface area (Å²) in [4.78, 5) is 4.29. The lowest BCUT2D eigenvalue weighted by Crippen LogP contribution is -2.38. The predicted octanol–water partition coefficient (Wildman–Crippen LogP) is 1.64. The number of hydrogen-bond donors (Lipinski definition) is 3. The normalized spacial score (nSPS) is 11.6. The molecule has 0 aliphatic heterocycles. The van der Waals surface area contributed by atoms with Gasteiger partial charge in [0.05, 0.1) is 13.2 Å². The van der Waals surface area contributed by atoms with E-state index in [1.54, 1.807) is 12.1 Å². The fraction of sp³-hybridized carbons (Fsp3) is 0.500. The Hall–Kier alpha value is -1.89. The fourth-order valence-corrected chi connectivity index (χ4v) is 1.72. The molecule has 0 saturated carbocycles. The van der Waals surface area contributed by atoms with Gasteiger partial charge in [0.1, 0.15) is 5.75 Å². The second kappa shape index (κ2) is 9.12. The summed E-state index contributed by atoms with van der Waals surface area (Å²) in [6.07, 6.45) is 0. The van der Waals surface area contributed by atoms with Crippen LogP contribution in [0.5, 0.6) is 5.75 Å². The molecule has 0 spiro atoms. The van der Waals surface area contributed by atoms with Gasteiger partial charge in [0.2, 0.25) is 0 Å². The lowest BCUT2D eigenvalue weighted by Gasteiger charge is -2.12. The molecule has 0 aliphatic rings. The van der Waals surface area contributed by atoms with E-state index in [2.05, 4.69) is 20.4 Å². The Morgan fingerprint density at radius 3 is 2.76 bits per heavy atom. The average Bonchev–Trinajstić information content (AvgIpc) is 2.44. The number of aryl methyl sites for hydroxylation is 1. The third-order valence-electron chi connectivity index (χ3n) is 2.59. The first-order chi connectivity index (χ1) is 10.1. The number of nitrogens with one attached hydrogen (secondary N) is 2. The predicted molar refractivity (Wildman–Crippen MR) is 77.7 cm³/mol. The molecule has 0 atom stereocenters. The Kier molecular flexibility index (Phi) is 7.45. The molecule has 0 radical (unpaired) electrons. The molecule has 3 N–H and O–H groups in total. The van der Waals surface area contributed by atoms with Crippen molar-refractivity contribution in [3.8, 4) is 5.75 Å². The molecule has 118 valence electrons. The maximum absolute atomic E-state index is 12.4. The van der Waals surface area contributed by atoms with Gasteiger partial charge in [-0.1, -0.05) is 17.7 Å². The molecule has 21 heavy (non-hydrogen) atoms. The third-order valence-corrected chi connectivity index (χ3v) is 2.59. The second-order valence-corrected chi connectivity index (χ2v) is 4.34. The Morgan fingerprint density at radius 1 is 1.38 bits per heavy atom. The largest absolute Gasteiger partial charge is 0.434 e. The molecule has 1 aromatic rings. The zero-order valence-electron chi connectivity index (χ0n) is 12.2. The van der Waals surface area contributed by atoms with E-state index in [9.17, 15) is 8.78 Å². The van der Waals surface area contributed by atoms with Crippen LogP contribution in [0.4, 0.5) is 8.78 Å². The molecule has 0 amide bonds. The minimum Gasteiger partial charge on any atom is -0.434 e. The molecular formula is C14H21F2N3O2. The molecular weight excluding hydrogens is 280 g/mol. The number of halogens is 2. The van der Waals surface area contributed by atoms with E-state index in [4.69, 9.17) is 5.11 Å². The zero-order chi connectivity index (χ0) is 15.7. The van der Waals surface area contributed by atoms with Gasteiger partial charge in [-0.25, -0.2) is 4.99 Å². The summed E-state index contributed by atoms with van der Waals surface area (Å²) < 4.78 is 29.2. The van der Waals surface area contributed by atoms with Gasteiger partial charge in [0.15, 0.2) is 5.96 Å². The molecule has 0 bridgehead atoms. The first kappa shape index (κ1) is 17.2. The molecule has 0 saturated heterocycles. The highest BCUT2D eigenvalue weighted by molar-refractivity contribution is 5.79. The van der Waals surface area contributed by atoms with Gasteiger partial charge in [0, 0.05) is 18.7 Å². The summed E-state index contributed by atoms with van der Waals surface area (Å²) in [5.74, 6) is 0.633. The number of aliphatic hydroxyl groups excluding tert-OH is 1. The summed E-state index contributed by atoms with van der Waals surface area (Å²) in [5, 5.41) is 14.7. The zero-order valence-corrected chi connectivity index (χ0v) is 12.2. The number of guanidine groups is 1. The lowest BCUT2D eigenvalue weighted by molar-refractivity contribution is -0.0504. The van der Waals surface area contributed by atoms with E-state index in [1.165, 1.54) is 6.07 Å². The lowest BCUT2D eigenvalue weighted by atomic mass is 10.1. The van der Waals surface area contributed by atoms with Crippen molar-refractivity contribution in [2.45, 2.75) is 27.0 Å². The summed E-state index contributed by atoms with van der Waals surface area (Å²) in [5.41, 5.74) is 1.52. The number of ether oxygens (including phenoxy) is 1. The highest BCUT2D eigenvalue weighted by atomic mass is 19.3. The topological polar surface area (TPSA) is 65.9 Å². The van der Waals surface area contributed by atoms with Crippen molar-refractivity contribution < 1.29 is 18.6 Å². The maximum Gasteiger partial charge on any atom is 0.387 e. The summed E-state index contributed by atoms with van der Waals surface area (Å²) in [7, 11) is 0. The van der Waals surface area contributed by atoms with Crippen LogP contribution in [0.25, 0.3) is 0 Å². The van der Waals surface area contributed by atoms with Gasteiger partial charge in [0.25, 0.3) is 0 Å². The summed E-state index contributed by atoms with van der Waals surface area (Å²) in [6, 6.07) is 4.98. The molecule has 0 unspecified atom stereocenters. The van der Waals surface area contributed by atoms with Crippen molar-refractivity contribution in [3.05, 3.63) is 29.3 Å². The molecule has 0 aromatic heterocycles. The first-order valence-electron chi connectivity index (χ1n) is 6.74. The Morgan fingerprint density at radius 2 is 2.14 bits per heavy atom. The number of aliphatic imine (C=N–C) groups is 1. The smallest absolute Gasteiger partial charge is 0.387 e. The van der Waals surface area contributed by atoms with Gasteiger partial charge >= 0.3 is 6.61 Å². The third kappa shape index (κ3) is 6.40. The number of benzene rings is 1.